The van der Waals surface area contributed by atoms with Crippen molar-refractivity contribution >= 4 is 17.6 Å². The molecule has 1 aliphatic heterocycles. The molecule has 1 heterocycles. The lowest BCUT2D eigenvalue weighted by Gasteiger charge is -2.29. The Kier molecular flexibility index (Phi) is 5.92. The summed E-state index contributed by atoms with van der Waals surface area (Å²) in [5.74, 6) is 1.34. The number of carbonyl (C=O) groups is 2. The van der Waals surface area contributed by atoms with Crippen molar-refractivity contribution in [2.45, 2.75) is 13.0 Å². The quantitative estimate of drug-likeness (QED) is 0.696. The van der Waals surface area contributed by atoms with Gasteiger partial charge in [0.05, 0.1) is 32.9 Å². The zero-order chi connectivity index (χ0) is 21.0. The summed E-state index contributed by atoms with van der Waals surface area (Å²) in [6.45, 7) is 1.69. The van der Waals surface area contributed by atoms with Crippen LogP contribution in [0.3, 0.4) is 0 Å². The lowest BCUT2D eigenvalue weighted by Crippen LogP contribution is -2.45. The molecule has 3 N–H and O–H groups in total. The molecule has 152 valence electrons. The van der Waals surface area contributed by atoms with Crippen LogP contribution in [0.15, 0.2) is 53.7 Å². The first kappa shape index (κ1) is 20.1. The Morgan fingerprint density at radius 3 is 2.45 bits per heavy atom. The van der Waals surface area contributed by atoms with E-state index in [0.29, 0.717) is 39.8 Å². The second kappa shape index (κ2) is 8.55. The van der Waals surface area contributed by atoms with Gasteiger partial charge in [0.25, 0.3) is 5.91 Å². The van der Waals surface area contributed by atoms with Crippen molar-refractivity contribution in [2.75, 3.05) is 26.6 Å². The molecule has 2 aromatic rings. The molecule has 3 amide bonds. The number of amides is 3. The van der Waals surface area contributed by atoms with Crippen LogP contribution in [0.2, 0.25) is 0 Å². The smallest absolute Gasteiger partial charge is 0.319 e. The maximum Gasteiger partial charge on any atom is 0.319 e. The molecular formula is C21H23N3O5. The molecule has 29 heavy (non-hydrogen) atoms. The van der Waals surface area contributed by atoms with Gasteiger partial charge in [0, 0.05) is 17.5 Å². The summed E-state index contributed by atoms with van der Waals surface area (Å²) in [6.07, 6.45) is 0. The van der Waals surface area contributed by atoms with Gasteiger partial charge in [-0.3, -0.25) is 4.79 Å². The minimum Gasteiger partial charge on any atom is -0.497 e. The highest BCUT2D eigenvalue weighted by atomic mass is 16.5. The monoisotopic (exact) mass is 397 g/mol. The lowest BCUT2D eigenvalue weighted by atomic mass is 9.94. The standard InChI is InChI=1S/C21H23N3O5/c1-12-18(20(25)23-14-6-5-7-15(11-14)27-2)19(24-21(26)22-12)13-8-9-16(28-3)17(10-13)29-4/h5-11,19H,1-4H3,(H,23,25)(H2,22,24,26). The molecule has 8 nitrogen and oxygen atoms in total. The van der Waals surface area contributed by atoms with Gasteiger partial charge in [-0.1, -0.05) is 12.1 Å². The van der Waals surface area contributed by atoms with E-state index in [2.05, 4.69) is 16.0 Å². The van der Waals surface area contributed by atoms with E-state index in [-0.39, 0.29) is 11.9 Å². The number of urea groups is 1. The SMILES string of the molecule is COc1cccc(NC(=O)C2=C(C)NC(=O)NC2c2ccc(OC)c(OC)c2)c1. The third kappa shape index (κ3) is 4.26. The van der Waals surface area contributed by atoms with E-state index in [1.54, 1.807) is 63.6 Å². The van der Waals surface area contributed by atoms with Crippen molar-refractivity contribution in [1.82, 2.24) is 10.6 Å². The number of anilines is 1. The molecule has 0 saturated heterocycles. The number of allylic oxidation sites excluding steroid dienone is 1. The first-order chi connectivity index (χ1) is 14.0. The Morgan fingerprint density at radius 1 is 1.00 bits per heavy atom. The molecule has 0 radical (unpaired) electrons. The van der Waals surface area contributed by atoms with Gasteiger partial charge in [0.2, 0.25) is 0 Å². The zero-order valence-corrected chi connectivity index (χ0v) is 16.7. The van der Waals surface area contributed by atoms with Gasteiger partial charge in [-0.25, -0.2) is 4.79 Å². The summed E-state index contributed by atoms with van der Waals surface area (Å²) in [5, 5.41) is 8.32. The lowest BCUT2D eigenvalue weighted by molar-refractivity contribution is -0.113. The van der Waals surface area contributed by atoms with E-state index in [1.807, 2.05) is 0 Å². The average Bonchev–Trinajstić information content (AvgIpc) is 2.72. The molecule has 0 fully saturated rings. The molecule has 0 aliphatic carbocycles. The average molecular weight is 397 g/mol. The van der Waals surface area contributed by atoms with Gasteiger partial charge in [0.1, 0.15) is 5.75 Å². The highest BCUT2D eigenvalue weighted by Crippen LogP contribution is 2.34. The molecule has 8 heteroatoms. The van der Waals surface area contributed by atoms with E-state index >= 15 is 0 Å². The normalized spacial score (nSPS) is 15.9. The Bertz CT molecular complexity index is 971. The number of rotatable bonds is 6. The summed E-state index contributed by atoms with van der Waals surface area (Å²) in [6, 6.07) is 11.2. The predicted octanol–water partition coefficient (Wildman–Crippen LogP) is 2.98. The molecule has 0 saturated carbocycles. The molecule has 1 aliphatic rings. The van der Waals surface area contributed by atoms with Crippen LogP contribution in [0.5, 0.6) is 17.2 Å². The zero-order valence-electron chi connectivity index (χ0n) is 16.7. The maximum atomic E-state index is 13.1. The van der Waals surface area contributed by atoms with Gasteiger partial charge in [-0.15, -0.1) is 0 Å². The molecule has 0 spiro atoms. The summed E-state index contributed by atoms with van der Waals surface area (Å²) >= 11 is 0. The van der Waals surface area contributed by atoms with Gasteiger partial charge in [0.15, 0.2) is 11.5 Å². The number of ether oxygens (including phenoxy) is 3. The summed E-state index contributed by atoms with van der Waals surface area (Å²) < 4.78 is 15.8. The first-order valence-corrected chi connectivity index (χ1v) is 8.92. The van der Waals surface area contributed by atoms with Crippen LogP contribution in [0.25, 0.3) is 0 Å². The van der Waals surface area contributed by atoms with Crippen molar-refractivity contribution < 1.29 is 23.8 Å². The van der Waals surface area contributed by atoms with Gasteiger partial charge < -0.3 is 30.2 Å². The number of benzene rings is 2. The molecule has 0 aromatic heterocycles. The van der Waals surface area contributed by atoms with Gasteiger partial charge in [-0.2, -0.15) is 0 Å². The molecule has 1 atom stereocenters. The van der Waals surface area contributed by atoms with E-state index in [1.165, 1.54) is 7.11 Å². The number of nitrogens with one attached hydrogen (secondary N) is 3. The largest absolute Gasteiger partial charge is 0.497 e. The van der Waals surface area contributed by atoms with E-state index < -0.39 is 6.04 Å². The maximum absolute atomic E-state index is 13.1. The third-order valence-electron chi connectivity index (χ3n) is 4.58. The van der Waals surface area contributed by atoms with Crippen molar-refractivity contribution in [3.8, 4) is 17.2 Å². The predicted molar refractivity (Wildman–Crippen MR) is 108 cm³/mol. The van der Waals surface area contributed by atoms with Crippen molar-refractivity contribution in [1.29, 1.82) is 0 Å². The molecule has 2 aromatic carbocycles. The van der Waals surface area contributed by atoms with Crippen LogP contribution < -0.4 is 30.2 Å². The highest BCUT2D eigenvalue weighted by molar-refractivity contribution is 6.06. The van der Waals surface area contributed by atoms with E-state index in [0.717, 1.165) is 0 Å². The van der Waals surface area contributed by atoms with Crippen molar-refractivity contribution in [2.24, 2.45) is 0 Å². The number of carbonyl (C=O) groups excluding carboxylic acids is 2. The minimum absolute atomic E-state index is 0.344. The first-order valence-electron chi connectivity index (χ1n) is 8.92. The minimum atomic E-state index is -0.658. The highest BCUT2D eigenvalue weighted by Gasteiger charge is 2.31. The molecule has 1 unspecified atom stereocenters. The van der Waals surface area contributed by atoms with Crippen LogP contribution in [-0.4, -0.2) is 33.3 Å². The van der Waals surface area contributed by atoms with Crippen LogP contribution >= 0.6 is 0 Å². The fourth-order valence-corrected chi connectivity index (χ4v) is 3.18. The summed E-state index contributed by atoms with van der Waals surface area (Å²) in [4.78, 5) is 25.2. The van der Waals surface area contributed by atoms with E-state index in [4.69, 9.17) is 14.2 Å². The molecule has 0 bridgehead atoms. The second-order valence-electron chi connectivity index (χ2n) is 6.37. The van der Waals surface area contributed by atoms with Gasteiger partial charge in [-0.05, 0) is 36.8 Å². The third-order valence-corrected chi connectivity index (χ3v) is 4.58. The molecule has 3 rings (SSSR count). The summed E-state index contributed by atoms with van der Waals surface area (Å²) in [5.41, 5.74) is 2.12. The van der Waals surface area contributed by atoms with Crippen LogP contribution in [0.4, 0.5) is 10.5 Å². The fourth-order valence-electron chi connectivity index (χ4n) is 3.18. The Hall–Kier alpha value is -3.68. The fraction of sp³-hybridized carbons (Fsp3) is 0.238. The Morgan fingerprint density at radius 2 is 1.76 bits per heavy atom. The summed E-state index contributed by atoms with van der Waals surface area (Å²) in [7, 11) is 4.63. The Balaban J connectivity index is 1.96. The number of hydrogen-bond acceptors (Lipinski definition) is 5. The van der Waals surface area contributed by atoms with Crippen LogP contribution in [-0.2, 0) is 4.79 Å². The number of hydrogen-bond donors (Lipinski definition) is 3. The van der Waals surface area contributed by atoms with Crippen molar-refractivity contribution in [3.05, 3.63) is 59.3 Å². The topological polar surface area (TPSA) is 97.9 Å². The van der Waals surface area contributed by atoms with Gasteiger partial charge >= 0.3 is 6.03 Å². The second-order valence-corrected chi connectivity index (χ2v) is 6.37. The van der Waals surface area contributed by atoms with Crippen LogP contribution in [0, 0.1) is 0 Å². The van der Waals surface area contributed by atoms with Crippen LogP contribution in [0.1, 0.15) is 18.5 Å². The van der Waals surface area contributed by atoms with E-state index in [9.17, 15) is 9.59 Å². The number of methoxy groups -OCH3 is 3. The Labute approximate surface area is 168 Å². The van der Waals surface area contributed by atoms with Crippen molar-refractivity contribution in [3.63, 3.8) is 0 Å². The molecular weight excluding hydrogens is 374 g/mol.